The Labute approximate surface area is 201 Å². The minimum atomic E-state index is -0.171. The maximum Gasteiger partial charge on any atom is 0.199 e. The van der Waals surface area contributed by atoms with Crippen LogP contribution < -0.4 is 9.47 Å². The summed E-state index contributed by atoms with van der Waals surface area (Å²) in [5.74, 6) is 1.63. The van der Waals surface area contributed by atoms with Crippen LogP contribution in [0.25, 0.3) is 22.3 Å². The van der Waals surface area contributed by atoms with Crippen LogP contribution in [0.2, 0.25) is 0 Å². The maximum absolute atomic E-state index is 6.13. The molecule has 5 heteroatoms. The lowest BCUT2D eigenvalue weighted by Gasteiger charge is -2.24. The van der Waals surface area contributed by atoms with Crippen molar-refractivity contribution in [3.63, 3.8) is 0 Å². The van der Waals surface area contributed by atoms with Crippen LogP contribution in [0.5, 0.6) is 11.5 Å². The van der Waals surface area contributed by atoms with Crippen molar-refractivity contribution in [2.45, 2.75) is 56.0 Å². The van der Waals surface area contributed by atoms with Gasteiger partial charge >= 0.3 is 0 Å². The molecule has 2 unspecified atom stereocenters. The normalized spacial score (nSPS) is 20.9. The molecule has 2 aliphatic heterocycles. The van der Waals surface area contributed by atoms with Crippen LogP contribution in [0.4, 0.5) is 0 Å². The van der Waals surface area contributed by atoms with Gasteiger partial charge in [-0.05, 0) is 72.7 Å². The van der Waals surface area contributed by atoms with E-state index in [0.717, 1.165) is 90.4 Å². The van der Waals surface area contributed by atoms with Gasteiger partial charge in [-0.2, -0.15) is 0 Å². The molecule has 4 nitrogen and oxygen atoms in total. The zero-order valence-corrected chi connectivity index (χ0v) is 19.6. The van der Waals surface area contributed by atoms with E-state index < -0.39 is 0 Å². The lowest BCUT2D eigenvalue weighted by Crippen LogP contribution is -2.24. The molecule has 0 amide bonds. The van der Waals surface area contributed by atoms with Crippen molar-refractivity contribution < 1.29 is 18.9 Å². The van der Waals surface area contributed by atoms with E-state index in [2.05, 4.69) is 30.3 Å². The van der Waals surface area contributed by atoms with E-state index in [4.69, 9.17) is 31.6 Å². The Hall–Kier alpha value is -2.47. The molecule has 5 rings (SSSR count). The Balaban J connectivity index is 1.44. The molecule has 0 N–H and O–H groups in total. The van der Waals surface area contributed by atoms with Gasteiger partial charge in [-0.15, -0.1) is 12.6 Å². The van der Waals surface area contributed by atoms with Crippen LogP contribution >= 0.6 is 12.6 Å². The summed E-state index contributed by atoms with van der Waals surface area (Å²) < 4.78 is 23.8. The second kappa shape index (κ2) is 10.6. The molecule has 0 spiro atoms. The number of ether oxygens (including phenoxy) is 4. The highest BCUT2D eigenvalue weighted by atomic mass is 32.1. The fourth-order valence-corrected chi connectivity index (χ4v) is 4.79. The summed E-state index contributed by atoms with van der Waals surface area (Å²) in [7, 11) is 0. The van der Waals surface area contributed by atoms with Crippen LogP contribution in [0.15, 0.2) is 71.6 Å². The summed E-state index contributed by atoms with van der Waals surface area (Å²) in [6.07, 6.45) is 6.00. The first-order chi connectivity index (χ1) is 16.3. The summed E-state index contributed by atoms with van der Waals surface area (Å²) in [5, 5.41) is 0. The quantitative estimate of drug-likeness (QED) is 0.396. The van der Waals surface area contributed by atoms with Gasteiger partial charge in [0.2, 0.25) is 0 Å². The topological polar surface area (TPSA) is 36.9 Å². The molecular weight excluding hydrogens is 432 g/mol. The first-order valence-electron chi connectivity index (χ1n) is 11.9. The molecule has 2 aliphatic rings. The molecule has 2 fully saturated rings. The molecule has 0 bridgehead atoms. The fraction of sp³-hybridized carbons (Fsp3) is 0.357. The molecule has 33 heavy (non-hydrogen) atoms. The number of thiol groups is 1. The van der Waals surface area contributed by atoms with E-state index in [1.54, 1.807) is 0 Å². The van der Waals surface area contributed by atoms with Gasteiger partial charge < -0.3 is 18.9 Å². The Kier molecular flexibility index (Phi) is 7.20. The molecule has 0 aromatic heterocycles. The lowest BCUT2D eigenvalue weighted by molar-refractivity contribution is -0.106. The molecule has 0 radical (unpaired) electrons. The predicted molar refractivity (Wildman–Crippen MR) is 133 cm³/mol. The van der Waals surface area contributed by atoms with Crippen LogP contribution in [0, 0.1) is 0 Å². The molecule has 2 saturated heterocycles. The van der Waals surface area contributed by atoms with Crippen LogP contribution in [0.1, 0.15) is 38.5 Å². The van der Waals surface area contributed by atoms with Gasteiger partial charge in [-0.3, -0.25) is 0 Å². The number of rotatable bonds is 6. The molecule has 2 atom stereocenters. The van der Waals surface area contributed by atoms with Crippen molar-refractivity contribution in [1.29, 1.82) is 0 Å². The van der Waals surface area contributed by atoms with Gasteiger partial charge in [0.15, 0.2) is 12.6 Å². The van der Waals surface area contributed by atoms with Crippen molar-refractivity contribution in [3.8, 4) is 33.8 Å². The van der Waals surface area contributed by atoms with Crippen LogP contribution in [-0.2, 0) is 9.47 Å². The highest BCUT2D eigenvalue weighted by Gasteiger charge is 2.18. The van der Waals surface area contributed by atoms with Gasteiger partial charge in [-0.1, -0.05) is 36.4 Å². The highest BCUT2D eigenvalue weighted by molar-refractivity contribution is 7.80. The predicted octanol–water partition coefficient (Wildman–Crippen LogP) is 7.12. The summed E-state index contributed by atoms with van der Waals surface area (Å²) >= 11 is 4.81. The van der Waals surface area contributed by atoms with Gasteiger partial charge in [0.05, 0.1) is 13.2 Å². The molecule has 0 saturated carbocycles. The van der Waals surface area contributed by atoms with Crippen molar-refractivity contribution >= 4 is 12.6 Å². The Bertz CT molecular complexity index is 1070. The third-order valence-corrected chi connectivity index (χ3v) is 6.49. The van der Waals surface area contributed by atoms with Crippen molar-refractivity contribution in [3.05, 3.63) is 66.7 Å². The third-order valence-electron chi connectivity index (χ3n) is 6.12. The maximum atomic E-state index is 6.13. The van der Waals surface area contributed by atoms with Crippen LogP contribution in [0.3, 0.4) is 0 Å². The van der Waals surface area contributed by atoms with Gasteiger partial charge in [0, 0.05) is 23.3 Å². The standard InChI is InChI=1S/C28H30O4S/c33-25-13-7-12-24(20-8-5-10-22(18-20)31-26-14-1-3-16-29-26)28(25)21-9-6-11-23(19-21)32-27-15-2-4-17-30-27/h5-13,18-19,26-27,33H,1-4,14-17H2. The number of hydrogen-bond donors (Lipinski definition) is 1. The number of hydrogen-bond acceptors (Lipinski definition) is 5. The van der Waals surface area contributed by atoms with Crippen molar-refractivity contribution in [2.75, 3.05) is 13.2 Å². The largest absolute Gasteiger partial charge is 0.465 e. The Morgan fingerprint density at radius 1 is 0.667 bits per heavy atom. The third kappa shape index (κ3) is 5.55. The average molecular weight is 463 g/mol. The van der Waals surface area contributed by atoms with Crippen molar-refractivity contribution in [2.24, 2.45) is 0 Å². The molecule has 3 aromatic rings. The smallest absolute Gasteiger partial charge is 0.199 e. The summed E-state index contributed by atoms with van der Waals surface area (Å²) in [5.41, 5.74) is 4.31. The minimum absolute atomic E-state index is 0.166. The molecule has 172 valence electrons. The van der Waals surface area contributed by atoms with E-state index in [1.807, 2.05) is 36.4 Å². The first kappa shape index (κ1) is 22.3. The second-order valence-corrected chi connectivity index (χ2v) is 9.07. The Morgan fingerprint density at radius 3 is 1.85 bits per heavy atom. The molecular formula is C28H30O4S. The zero-order valence-electron chi connectivity index (χ0n) is 18.7. The summed E-state index contributed by atoms with van der Waals surface area (Å²) in [6.45, 7) is 1.53. The van der Waals surface area contributed by atoms with Crippen molar-refractivity contribution in [1.82, 2.24) is 0 Å². The first-order valence-corrected chi connectivity index (χ1v) is 12.3. The minimum Gasteiger partial charge on any atom is -0.465 e. The summed E-state index contributed by atoms with van der Waals surface area (Å²) in [4.78, 5) is 0.917. The van der Waals surface area contributed by atoms with E-state index in [-0.39, 0.29) is 12.6 Å². The van der Waals surface area contributed by atoms with Gasteiger partial charge in [0.25, 0.3) is 0 Å². The summed E-state index contributed by atoms with van der Waals surface area (Å²) in [6, 6.07) is 22.6. The lowest BCUT2D eigenvalue weighted by atomic mass is 9.94. The highest BCUT2D eigenvalue weighted by Crippen LogP contribution is 2.39. The molecule has 0 aliphatic carbocycles. The van der Waals surface area contributed by atoms with Crippen LogP contribution in [-0.4, -0.2) is 25.8 Å². The Morgan fingerprint density at radius 2 is 1.24 bits per heavy atom. The SMILES string of the molecule is Sc1cccc(-c2cccc(OC3CCCCO3)c2)c1-c1cccc(OC2CCCCO2)c1. The number of benzene rings is 3. The van der Waals surface area contributed by atoms with Gasteiger partial charge in [0.1, 0.15) is 11.5 Å². The molecule has 2 heterocycles. The van der Waals surface area contributed by atoms with Gasteiger partial charge in [-0.25, -0.2) is 0 Å². The van der Waals surface area contributed by atoms with E-state index in [0.29, 0.717) is 0 Å². The van der Waals surface area contributed by atoms with E-state index in [9.17, 15) is 0 Å². The zero-order chi connectivity index (χ0) is 22.5. The van der Waals surface area contributed by atoms with E-state index >= 15 is 0 Å². The average Bonchev–Trinajstić information content (AvgIpc) is 2.85. The molecule has 3 aromatic carbocycles. The monoisotopic (exact) mass is 462 g/mol. The second-order valence-electron chi connectivity index (χ2n) is 8.58. The fourth-order valence-electron chi connectivity index (χ4n) is 4.46. The van der Waals surface area contributed by atoms with E-state index in [1.165, 1.54) is 0 Å².